The van der Waals surface area contributed by atoms with Crippen molar-refractivity contribution >= 4 is 23.7 Å². The lowest BCUT2D eigenvalue weighted by Crippen LogP contribution is -2.53. The number of amides is 2. The number of aliphatic hydroxyl groups excluding tert-OH is 1. The van der Waals surface area contributed by atoms with E-state index < -0.39 is 36.5 Å². The molecule has 0 saturated carbocycles. The van der Waals surface area contributed by atoms with Gasteiger partial charge in [0.2, 0.25) is 11.8 Å². The average Bonchev–Trinajstić information content (AvgIpc) is 2.46. The van der Waals surface area contributed by atoms with E-state index in [1.807, 2.05) is 0 Å². The van der Waals surface area contributed by atoms with E-state index in [-0.39, 0.29) is 24.8 Å². The first kappa shape index (κ1) is 20.6. The van der Waals surface area contributed by atoms with Crippen LogP contribution in [0.3, 0.4) is 0 Å². The van der Waals surface area contributed by atoms with Crippen LogP contribution in [0.4, 0.5) is 0 Å². The van der Waals surface area contributed by atoms with Crippen molar-refractivity contribution in [3.05, 3.63) is 0 Å². The van der Waals surface area contributed by atoms with Gasteiger partial charge in [-0.15, -0.1) is 0 Å². The van der Waals surface area contributed by atoms with Crippen LogP contribution in [0.1, 0.15) is 26.7 Å². The quantitative estimate of drug-likeness (QED) is 0.148. The van der Waals surface area contributed by atoms with Crippen molar-refractivity contribution in [2.24, 2.45) is 22.4 Å². The Labute approximate surface area is 134 Å². The van der Waals surface area contributed by atoms with Gasteiger partial charge < -0.3 is 32.3 Å². The van der Waals surface area contributed by atoms with Crippen molar-refractivity contribution in [3.63, 3.8) is 0 Å². The Balaban J connectivity index is 4.82. The monoisotopic (exact) mass is 331 g/mol. The summed E-state index contributed by atoms with van der Waals surface area (Å²) in [5, 5.41) is 22.6. The maximum absolute atomic E-state index is 12.2. The van der Waals surface area contributed by atoms with Crippen LogP contribution in [-0.4, -0.2) is 59.2 Å². The number of hydrogen-bond acceptors (Lipinski definition) is 5. The van der Waals surface area contributed by atoms with E-state index in [9.17, 15) is 14.4 Å². The van der Waals surface area contributed by atoms with Gasteiger partial charge in [-0.3, -0.25) is 14.6 Å². The Bertz CT molecular complexity index is 448. The predicted octanol–water partition coefficient (Wildman–Crippen LogP) is -2.26. The summed E-state index contributed by atoms with van der Waals surface area (Å²) < 4.78 is 0. The molecule has 0 aromatic rings. The molecule has 0 fully saturated rings. The highest BCUT2D eigenvalue weighted by Crippen LogP contribution is 2.05. The predicted molar refractivity (Wildman–Crippen MR) is 83.3 cm³/mol. The number of aliphatic hydroxyl groups is 1. The number of nitrogens with two attached hydrogens (primary N) is 2. The fourth-order valence-corrected chi connectivity index (χ4v) is 1.78. The molecule has 23 heavy (non-hydrogen) atoms. The number of aliphatic carboxylic acids is 1. The lowest BCUT2D eigenvalue weighted by atomic mass is 10.0. The molecule has 0 radical (unpaired) electrons. The highest BCUT2D eigenvalue weighted by Gasteiger charge is 2.28. The molecule has 0 spiro atoms. The van der Waals surface area contributed by atoms with Crippen LogP contribution in [0.2, 0.25) is 0 Å². The summed E-state index contributed by atoms with van der Waals surface area (Å²) in [6.45, 7) is 2.79. The Hall–Kier alpha value is -2.36. The van der Waals surface area contributed by atoms with Crippen LogP contribution in [0.15, 0.2) is 4.99 Å². The van der Waals surface area contributed by atoms with Crippen molar-refractivity contribution in [2.45, 2.75) is 38.8 Å². The van der Waals surface area contributed by atoms with Crippen LogP contribution in [0, 0.1) is 5.92 Å². The van der Waals surface area contributed by atoms with Crippen LogP contribution >= 0.6 is 0 Å². The number of guanidine groups is 1. The number of aliphatic imine (C=N–C) groups is 1. The second-order valence-corrected chi connectivity index (χ2v) is 5.30. The normalized spacial score (nSPS) is 13.0. The molecule has 0 aromatic heterocycles. The molecular formula is C13H25N5O5. The fourth-order valence-electron chi connectivity index (χ4n) is 1.78. The van der Waals surface area contributed by atoms with Crippen LogP contribution in [0.25, 0.3) is 0 Å². The highest BCUT2D eigenvalue weighted by atomic mass is 16.4. The molecular weight excluding hydrogens is 306 g/mol. The number of carboxylic acids is 1. The molecule has 0 heterocycles. The molecule has 2 atom stereocenters. The third kappa shape index (κ3) is 8.61. The third-order valence-electron chi connectivity index (χ3n) is 2.97. The maximum atomic E-state index is 12.2. The fraction of sp³-hybridized carbons (Fsp3) is 0.692. The van der Waals surface area contributed by atoms with Crippen molar-refractivity contribution in [2.75, 3.05) is 13.2 Å². The van der Waals surface area contributed by atoms with Crippen molar-refractivity contribution in [3.8, 4) is 0 Å². The number of carboxylic acid groups (broad SMARTS) is 1. The van der Waals surface area contributed by atoms with Crippen molar-refractivity contribution in [1.29, 1.82) is 0 Å². The van der Waals surface area contributed by atoms with Gasteiger partial charge in [0.15, 0.2) is 5.96 Å². The number of carbonyl (C=O) groups is 3. The second-order valence-electron chi connectivity index (χ2n) is 5.30. The van der Waals surface area contributed by atoms with Gasteiger partial charge in [-0.25, -0.2) is 4.79 Å². The first-order valence-corrected chi connectivity index (χ1v) is 7.17. The smallest absolute Gasteiger partial charge is 0.326 e. The summed E-state index contributed by atoms with van der Waals surface area (Å²) in [6, 6.07) is -2.06. The van der Waals surface area contributed by atoms with E-state index >= 15 is 0 Å². The zero-order chi connectivity index (χ0) is 18.0. The first-order valence-electron chi connectivity index (χ1n) is 7.17. The minimum atomic E-state index is -1.17. The van der Waals surface area contributed by atoms with Gasteiger partial charge in [-0.2, -0.15) is 0 Å². The molecule has 0 aliphatic heterocycles. The standard InChI is InChI=1S/C13H25N5O5/c1-7(2)10(12(22)23)18-11(21)8(17-9(20)6-19)4-3-5-16-13(14)15/h7-8,10,19H,3-6H2,1-2H3,(H,17,20)(H,18,21)(H,22,23)(H4,14,15,16)/t8-,10-/m0/s1. The summed E-state index contributed by atoms with van der Waals surface area (Å²) in [7, 11) is 0. The van der Waals surface area contributed by atoms with E-state index in [4.69, 9.17) is 21.7 Å². The molecule has 0 unspecified atom stereocenters. The average molecular weight is 331 g/mol. The van der Waals surface area contributed by atoms with Crippen molar-refractivity contribution < 1.29 is 24.6 Å². The molecule has 0 aliphatic rings. The van der Waals surface area contributed by atoms with E-state index in [1.165, 1.54) is 0 Å². The molecule has 132 valence electrons. The minimum absolute atomic E-state index is 0.0869. The van der Waals surface area contributed by atoms with Gasteiger partial charge in [0, 0.05) is 6.54 Å². The molecule has 10 heteroatoms. The molecule has 10 nitrogen and oxygen atoms in total. The van der Waals surface area contributed by atoms with Gasteiger partial charge in [-0.05, 0) is 18.8 Å². The molecule has 8 N–H and O–H groups in total. The lowest BCUT2D eigenvalue weighted by molar-refractivity contribution is -0.143. The van der Waals surface area contributed by atoms with Crippen molar-refractivity contribution in [1.82, 2.24) is 10.6 Å². The molecule has 0 rings (SSSR count). The zero-order valence-corrected chi connectivity index (χ0v) is 13.3. The van der Waals surface area contributed by atoms with Gasteiger partial charge in [0.05, 0.1) is 0 Å². The highest BCUT2D eigenvalue weighted by molar-refractivity contribution is 5.90. The molecule has 2 amide bonds. The van der Waals surface area contributed by atoms with Gasteiger partial charge in [0.25, 0.3) is 0 Å². The Morgan fingerprint density at radius 1 is 1.17 bits per heavy atom. The molecule has 0 bridgehead atoms. The Morgan fingerprint density at radius 3 is 2.22 bits per heavy atom. The molecule has 0 saturated heterocycles. The number of nitrogens with one attached hydrogen (secondary N) is 2. The Kier molecular flexibility index (Phi) is 9.31. The van der Waals surface area contributed by atoms with Gasteiger partial charge >= 0.3 is 5.97 Å². The first-order chi connectivity index (χ1) is 10.7. The van der Waals surface area contributed by atoms with Gasteiger partial charge in [0.1, 0.15) is 18.7 Å². The summed E-state index contributed by atoms with van der Waals surface area (Å²) in [4.78, 5) is 38.4. The number of carbonyl (C=O) groups excluding carboxylic acids is 2. The SMILES string of the molecule is CC(C)[C@H](NC(=O)[C@H](CCCN=C(N)N)NC(=O)CO)C(=O)O. The minimum Gasteiger partial charge on any atom is -0.480 e. The van der Waals surface area contributed by atoms with E-state index in [1.54, 1.807) is 13.8 Å². The summed E-state index contributed by atoms with van der Waals surface area (Å²) in [5.41, 5.74) is 10.4. The van der Waals surface area contributed by atoms with Crippen LogP contribution < -0.4 is 22.1 Å². The lowest BCUT2D eigenvalue weighted by Gasteiger charge is -2.23. The third-order valence-corrected chi connectivity index (χ3v) is 2.97. The van der Waals surface area contributed by atoms with Crippen LogP contribution in [0.5, 0.6) is 0 Å². The maximum Gasteiger partial charge on any atom is 0.326 e. The summed E-state index contributed by atoms with van der Waals surface area (Å²) in [6.07, 6.45) is 0.583. The van der Waals surface area contributed by atoms with E-state index in [2.05, 4.69) is 15.6 Å². The molecule has 0 aromatic carbocycles. The topological polar surface area (TPSA) is 180 Å². The second kappa shape index (κ2) is 10.4. The Morgan fingerprint density at radius 2 is 1.78 bits per heavy atom. The van der Waals surface area contributed by atoms with Gasteiger partial charge in [-0.1, -0.05) is 13.8 Å². The summed E-state index contributed by atoms with van der Waals surface area (Å²) >= 11 is 0. The zero-order valence-electron chi connectivity index (χ0n) is 13.3. The largest absolute Gasteiger partial charge is 0.480 e. The number of nitrogens with zero attached hydrogens (tertiary/aromatic N) is 1. The molecule has 0 aliphatic carbocycles. The summed E-state index contributed by atoms with van der Waals surface area (Å²) in [5.74, 6) is -2.95. The number of hydrogen-bond donors (Lipinski definition) is 6. The number of rotatable bonds is 10. The van der Waals surface area contributed by atoms with E-state index in [0.717, 1.165) is 0 Å². The van der Waals surface area contributed by atoms with E-state index in [0.29, 0.717) is 6.42 Å². The van der Waals surface area contributed by atoms with Crippen LogP contribution in [-0.2, 0) is 14.4 Å².